The second kappa shape index (κ2) is 11.0. The zero-order valence-electron chi connectivity index (χ0n) is 20.3. The lowest BCUT2D eigenvalue weighted by atomic mass is 10.0. The number of aromatic nitrogens is 1. The number of phenolic OH excluding ortho intramolecular Hbond substituents is 1. The lowest BCUT2D eigenvalue weighted by molar-refractivity contribution is -0.142. The number of fused-ring (bicyclic) bond motifs is 2. The average Bonchev–Trinajstić information content (AvgIpc) is 3.24. The summed E-state index contributed by atoms with van der Waals surface area (Å²) in [6, 6.07) is 8.04. The van der Waals surface area contributed by atoms with Crippen molar-refractivity contribution >= 4 is 45.3 Å². The Morgan fingerprint density at radius 2 is 1.95 bits per heavy atom. The zero-order valence-corrected chi connectivity index (χ0v) is 21.1. The minimum absolute atomic E-state index is 0.0142. The molecule has 2 aromatic heterocycles. The predicted molar refractivity (Wildman–Crippen MR) is 139 cm³/mol. The maximum atomic E-state index is 12.8. The molecule has 2 heterocycles. The van der Waals surface area contributed by atoms with Crippen molar-refractivity contribution < 1.29 is 29.0 Å². The summed E-state index contributed by atoms with van der Waals surface area (Å²) in [5.74, 6) is -1.71. The number of carbonyl (C=O) groups excluding carboxylic acids is 1. The highest BCUT2D eigenvalue weighted by molar-refractivity contribution is 6.32. The van der Waals surface area contributed by atoms with Gasteiger partial charge in [0.2, 0.25) is 0 Å². The Balaban J connectivity index is 1.51. The van der Waals surface area contributed by atoms with Crippen molar-refractivity contribution in [3.8, 4) is 11.5 Å². The number of rotatable bonds is 10. The van der Waals surface area contributed by atoms with Gasteiger partial charge in [-0.25, -0.2) is 9.59 Å². The van der Waals surface area contributed by atoms with Crippen molar-refractivity contribution in [2.75, 3.05) is 0 Å². The molecule has 0 radical (unpaired) electrons. The highest BCUT2D eigenvalue weighted by Crippen LogP contribution is 2.32. The largest absolute Gasteiger partial charge is 0.508 e. The molecule has 0 saturated heterocycles. The number of ether oxygens (including phenoxy) is 1. The van der Waals surface area contributed by atoms with E-state index >= 15 is 0 Å². The fourth-order valence-electron chi connectivity index (χ4n) is 4.18. The molecule has 194 valence electrons. The Morgan fingerprint density at radius 1 is 1.16 bits per heavy atom. The van der Waals surface area contributed by atoms with Gasteiger partial charge in [-0.1, -0.05) is 24.9 Å². The number of carboxylic acid groups (broad SMARTS) is 1. The molecule has 0 bridgehead atoms. The van der Waals surface area contributed by atoms with Gasteiger partial charge in [0.25, 0.3) is 5.91 Å². The molecule has 2 aromatic carbocycles. The van der Waals surface area contributed by atoms with Crippen LogP contribution in [0.2, 0.25) is 5.02 Å². The minimum Gasteiger partial charge on any atom is -0.508 e. The number of aryl methyl sites for hydroxylation is 1. The number of unbranched alkanes of at least 4 members (excludes halogenated alkanes) is 1. The number of hydrogen-bond acceptors (Lipinski definition) is 6. The van der Waals surface area contributed by atoms with Crippen LogP contribution in [-0.2, 0) is 22.4 Å². The van der Waals surface area contributed by atoms with Crippen LogP contribution < -0.4 is 15.7 Å². The van der Waals surface area contributed by atoms with Gasteiger partial charge < -0.3 is 29.7 Å². The molecule has 4 rings (SSSR count). The van der Waals surface area contributed by atoms with E-state index in [-0.39, 0.29) is 28.5 Å². The molecule has 9 nitrogen and oxygen atoms in total. The van der Waals surface area contributed by atoms with Crippen LogP contribution in [0, 0.1) is 0 Å². The number of halogens is 1. The van der Waals surface area contributed by atoms with E-state index in [9.17, 15) is 24.6 Å². The number of H-pyrrole nitrogens is 1. The maximum absolute atomic E-state index is 12.8. The fraction of sp³-hybridized carbons (Fsp3) is 0.296. The Kier molecular flexibility index (Phi) is 7.73. The Hall–Kier alpha value is -3.98. The number of aliphatic carboxylic acids is 1. The van der Waals surface area contributed by atoms with Crippen LogP contribution in [0.25, 0.3) is 21.9 Å². The van der Waals surface area contributed by atoms with Gasteiger partial charge in [-0.2, -0.15) is 0 Å². The summed E-state index contributed by atoms with van der Waals surface area (Å²) in [5, 5.41) is 23.6. The lowest BCUT2D eigenvalue weighted by Gasteiger charge is -2.19. The number of carbonyl (C=O) groups is 2. The summed E-state index contributed by atoms with van der Waals surface area (Å²) in [7, 11) is 0. The molecule has 0 fully saturated rings. The van der Waals surface area contributed by atoms with Crippen LogP contribution in [-0.4, -0.2) is 39.2 Å². The van der Waals surface area contributed by atoms with Gasteiger partial charge in [-0.15, -0.1) is 0 Å². The normalized spacial score (nSPS) is 12.9. The van der Waals surface area contributed by atoms with Crippen LogP contribution >= 0.6 is 11.6 Å². The third-order valence-corrected chi connectivity index (χ3v) is 6.44. The number of aromatic amines is 1. The van der Waals surface area contributed by atoms with E-state index in [4.69, 9.17) is 20.8 Å². The first-order valence-corrected chi connectivity index (χ1v) is 12.3. The molecule has 0 saturated carbocycles. The van der Waals surface area contributed by atoms with Crippen molar-refractivity contribution in [2.24, 2.45) is 0 Å². The number of nitrogens with one attached hydrogen (secondary N) is 2. The van der Waals surface area contributed by atoms with Gasteiger partial charge in [0.15, 0.2) is 6.10 Å². The summed E-state index contributed by atoms with van der Waals surface area (Å²) in [6.07, 6.45) is 3.09. The Labute approximate surface area is 217 Å². The van der Waals surface area contributed by atoms with Crippen LogP contribution in [0.15, 0.2) is 51.8 Å². The second-order valence-corrected chi connectivity index (χ2v) is 9.29. The van der Waals surface area contributed by atoms with Gasteiger partial charge >= 0.3 is 11.6 Å². The quantitative estimate of drug-likeness (QED) is 0.222. The second-order valence-electron chi connectivity index (χ2n) is 8.88. The first-order valence-electron chi connectivity index (χ1n) is 11.9. The molecule has 0 spiro atoms. The number of phenols is 1. The number of amides is 1. The van der Waals surface area contributed by atoms with Gasteiger partial charge in [0, 0.05) is 41.0 Å². The van der Waals surface area contributed by atoms with Crippen LogP contribution in [0.4, 0.5) is 0 Å². The molecule has 37 heavy (non-hydrogen) atoms. The number of aromatic hydroxyl groups is 1. The smallest absolute Gasteiger partial charge is 0.336 e. The van der Waals surface area contributed by atoms with E-state index in [0.717, 1.165) is 23.9 Å². The molecule has 1 amide bonds. The van der Waals surface area contributed by atoms with E-state index in [0.29, 0.717) is 22.8 Å². The summed E-state index contributed by atoms with van der Waals surface area (Å²) < 4.78 is 11.1. The maximum Gasteiger partial charge on any atom is 0.336 e. The highest BCUT2D eigenvalue weighted by atomic mass is 35.5. The average molecular weight is 527 g/mol. The van der Waals surface area contributed by atoms with E-state index in [1.54, 1.807) is 18.3 Å². The van der Waals surface area contributed by atoms with E-state index in [1.165, 1.54) is 31.2 Å². The van der Waals surface area contributed by atoms with Crippen molar-refractivity contribution in [3.63, 3.8) is 0 Å². The molecule has 4 N–H and O–H groups in total. The molecular formula is C27H27ClN2O7. The molecule has 0 aliphatic heterocycles. The van der Waals surface area contributed by atoms with Crippen LogP contribution in [0.5, 0.6) is 11.5 Å². The number of benzene rings is 2. The lowest BCUT2D eigenvalue weighted by Crippen LogP contribution is -2.47. The Bertz CT molecular complexity index is 1520. The first-order chi connectivity index (χ1) is 17.7. The third kappa shape index (κ3) is 5.89. The standard InChI is InChI=1S/C27H27ClN2O7/c1-3-4-5-15-9-25(32)37-23-12-24(20(28)11-19(15)23)36-14(2)26(33)30-22(27(34)35)8-16-13-29-21-7-6-17(31)10-18(16)21/h6-7,9-14,22,29,31H,3-5,8H2,1-2H3,(H,30,33)(H,34,35). The molecule has 0 aliphatic carbocycles. The number of carboxylic acids is 1. The highest BCUT2D eigenvalue weighted by Gasteiger charge is 2.26. The molecule has 0 aliphatic rings. The van der Waals surface area contributed by atoms with Gasteiger partial charge in [-0.3, -0.25) is 4.79 Å². The van der Waals surface area contributed by atoms with Crippen molar-refractivity contribution in [1.29, 1.82) is 0 Å². The molecule has 2 atom stereocenters. The van der Waals surface area contributed by atoms with Crippen molar-refractivity contribution in [3.05, 3.63) is 69.2 Å². The topological polar surface area (TPSA) is 142 Å². The fourth-order valence-corrected chi connectivity index (χ4v) is 4.39. The van der Waals surface area contributed by atoms with Gasteiger partial charge in [0.05, 0.1) is 5.02 Å². The monoisotopic (exact) mass is 526 g/mol. The van der Waals surface area contributed by atoms with Gasteiger partial charge in [-0.05, 0) is 55.2 Å². The first kappa shape index (κ1) is 26.1. The molecule has 2 unspecified atom stereocenters. The summed E-state index contributed by atoms with van der Waals surface area (Å²) in [4.78, 5) is 39.8. The SMILES string of the molecule is CCCCc1cc(=O)oc2cc(OC(C)C(=O)NC(Cc3c[nH]c4ccc(O)cc34)C(=O)O)c(Cl)cc12. The van der Waals surface area contributed by atoms with E-state index in [1.807, 2.05) is 0 Å². The van der Waals surface area contributed by atoms with E-state index in [2.05, 4.69) is 17.2 Å². The molecule has 4 aromatic rings. The van der Waals surface area contributed by atoms with Gasteiger partial charge in [0.1, 0.15) is 23.1 Å². The predicted octanol–water partition coefficient (Wildman–Crippen LogP) is 4.56. The van der Waals surface area contributed by atoms with Crippen molar-refractivity contribution in [1.82, 2.24) is 10.3 Å². The third-order valence-electron chi connectivity index (χ3n) is 6.14. The Morgan fingerprint density at radius 3 is 2.68 bits per heavy atom. The summed E-state index contributed by atoms with van der Waals surface area (Å²) >= 11 is 6.42. The molecular weight excluding hydrogens is 500 g/mol. The van der Waals surface area contributed by atoms with Crippen molar-refractivity contribution in [2.45, 2.75) is 51.7 Å². The summed E-state index contributed by atoms with van der Waals surface area (Å²) in [5.41, 5.74) is 1.97. The zero-order chi connectivity index (χ0) is 26.7. The molecule has 10 heteroatoms. The van der Waals surface area contributed by atoms with Crippen LogP contribution in [0.1, 0.15) is 37.8 Å². The number of hydrogen-bond donors (Lipinski definition) is 4. The van der Waals surface area contributed by atoms with E-state index < -0.39 is 29.6 Å². The summed E-state index contributed by atoms with van der Waals surface area (Å²) in [6.45, 7) is 3.52. The van der Waals surface area contributed by atoms with Crippen LogP contribution in [0.3, 0.4) is 0 Å². The minimum atomic E-state index is -1.24.